The van der Waals surface area contributed by atoms with Crippen molar-refractivity contribution in [2.45, 2.75) is 32.5 Å². The number of amides is 1. The Labute approximate surface area is 123 Å². The summed E-state index contributed by atoms with van der Waals surface area (Å²) in [6.45, 7) is 3.82. The van der Waals surface area contributed by atoms with Gasteiger partial charge in [-0.2, -0.15) is 13.2 Å². The first kappa shape index (κ1) is 17.0. The second kappa shape index (κ2) is 6.58. The number of nitrogens with two attached hydrogens (primary N) is 1. The molecule has 1 amide bonds. The first-order valence-electron chi connectivity index (χ1n) is 6.04. The number of carbonyl (C=O) groups is 1. The topological polar surface area (TPSA) is 55.1 Å². The summed E-state index contributed by atoms with van der Waals surface area (Å²) in [6.07, 6.45) is -4.00. The van der Waals surface area contributed by atoms with Crippen LogP contribution in [0.5, 0.6) is 0 Å². The molecule has 1 aromatic carbocycles. The molecule has 0 aromatic heterocycles. The number of rotatable bonds is 4. The van der Waals surface area contributed by atoms with Crippen molar-refractivity contribution in [3.63, 3.8) is 0 Å². The maximum absolute atomic E-state index is 12.6. The monoisotopic (exact) mass is 352 g/mol. The Bertz CT molecular complexity index is 489. The van der Waals surface area contributed by atoms with Crippen molar-refractivity contribution in [2.75, 3.05) is 5.32 Å². The van der Waals surface area contributed by atoms with E-state index in [1.165, 1.54) is 6.07 Å². The third-order valence-electron chi connectivity index (χ3n) is 2.61. The summed E-state index contributed by atoms with van der Waals surface area (Å²) >= 11 is 3.10. The number of alkyl halides is 3. The minimum Gasteiger partial charge on any atom is -0.324 e. The third kappa shape index (κ3) is 4.79. The average Bonchev–Trinajstić information content (AvgIpc) is 2.29. The van der Waals surface area contributed by atoms with E-state index < -0.39 is 23.7 Å². The van der Waals surface area contributed by atoms with Gasteiger partial charge in [0.25, 0.3) is 0 Å². The molecule has 0 aliphatic heterocycles. The maximum atomic E-state index is 12.6. The standard InChI is InChI=1S/C13H16BrF3N2O/c1-7(2)5-10(18)12(20)19-11-6-8(13(15,16)17)3-4-9(11)14/h3-4,6-7,10H,5,18H2,1-2H3,(H,19,20). The third-order valence-corrected chi connectivity index (χ3v) is 3.31. The first-order chi connectivity index (χ1) is 9.11. The van der Waals surface area contributed by atoms with Crippen LogP contribution in [0.1, 0.15) is 25.8 Å². The van der Waals surface area contributed by atoms with Gasteiger partial charge < -0.3 is 11.1 Å². The Morgan fingerprint density at radius 1 is 1.40 bits per heavy atom. The number of hydrogen-bond donors (Lipinski definition) is 2. The van der Waals surface area contributed by atoms with Crippen molar-refractivity contribution >= 4 is 27.5 Å². The molecule has 1 rings (SSSR count). The minimum absolute atomic E-state index is 0.0593. The molecule has 0 heterocycles. The molecule has 0 aliphatic rings. The molecule has 3 N–H and O–H groups in total. The predicted octanol–water partition coefficient (Wildman–Crippen LogP) is 3.78. The highest BCUT2D eigenvalue weighted by Crippen LogP contribution is 2.34. The van der Waals surface area contributed by atoms with Crippen LogP contribution >= 0.6 is 15.9 Å². The van der Waals surface area contributed by atoms with Crippen LogP contribution in [0.25, 0.3) is 0 Å². The van der Waals surface area contributed by atoms with Crippen molar-refractivity contribution < 1.29 is 18.0 Å². The molecule has 1 unspecified atom stereocenters. The van der Waals surface area contributed by atoms with Gasteiger partial charge in [-0.15, -0.1) is 0 Å². The summed E-state index contributed by atoms with van der Waals surface area (Å²) in [5.41, 5.74) is 4.92. The summed E-state index contributed by atoms with van der Waals surface area (Å²) in [4.78, 5) is 11.8. The molecule has 0 bridgehead atoms. The van der Waals surface area contributed by atoms with Gasteiger partial charge in [-0.3, -0.25) is 4.79 Å². The van der Waals surface area contributed by atoms with E-state index in [2.05, 4.69) is 21.2 Å². The number of nitrogens with one attached hydrogen (secondary N) is 1. The van der Waals surface area contributed by atoms with Gasteiger partial charge in [0.05, 0.1) is 17.3 Å². The molecule has 0 aliphatic carbocycles. The van der Waals surface area contributed by atoms with Crippen molar-refractivity contribution in [3.05, 3.63) is 28.2 Å². The molecule has 0 saturated heterocycles. The molecule has 0 spiro atoms. The Morgan fingerprint density at radius 3 is 2.50 bits per heavy atom. The fourth-order valence-corrected chi connectivity index (χ4v) is 1.98. The van der Waals surface area contributed by atoms with Gasteiger partial charge in [-0.05, 0) is 46.5 Å². The van der Waals surface area contributed by atoms with Crippen LogP contribution < -0.4 is 11.1 Å². The van der Waals surface area contributed by atoms with Gasteiger partial charge in [0.1, 0.15) is 0 Å². The predicted molar refractivity (Wildman–Crippen MR) is 75.2 cm³/mol. The van der Waals surface area contributed by atoms with E-state index in [1.807, 2.05) is 13.8 Å². The second-order valence-corrected chi connectivity index (χ2v) is 5.77. The lowest BCUT2D eigenvalue weighted by Gasteiger charge is -2.16. The van der Waals surface area contributed by atoms with Gasteiger partial charge in [0.2, 0.25) is 5.91 Å². The number of hydrogen-bond acceptors (Lipinski definition) is 2. The van der Waals surface area contributed by atoms with Crippen molar-refractivity contribution in [1.29, 1.82) is 0 Å². The lowest BCUT2D eigenvalue weighted by atomic mass is 10.0. The highest BCUT2D eigenvalue weighted by atomic mass is 79.9. The molecule has 1 aromatic rings. The van der Waals surface area contributed by atoms with E-state index >= 15 is 0 Å². The lowest BCUT2D eigenvalue weighted by Crippen LogP contribution is -2.36. The van der Waals surface area contributed by atoms with E-state index in [0.29, 0.717) is 10.9 Å². The molecular formula is C13H16BrF3N2O. The van der Waals surface area contributed by atoms with Gasteiger partial charge in [0.15, 0.2) is 0 Å². The van der Waals surface area contributed by atoms with Gasteiger partial charge in [-0.25, -0.2) is 0 Å². The summed E-state index contributed by atoms with van der Waals surface area (Å²) < 4.78 is 38.2. The van der Waals surface area contributed by atoms with Crippen LogP contribution in [0.15, 0.2) is 22.7 Å². The van der Waals surface area contributed by atoms with Crippen molar-refractivity contribution in [1.82, 2.24) is 0 Å². The van der Waals surface area contributed by atoms with Crippen LogP contribution in [-0.4, -0.2) is 11.9 Å². The van der Waals surface area contributed by atoms with E-state index in [4.69, 9.17) is 5.73 Å². The summed E-state index contributed by atoms with van der Waals surface area (Å²) in [6, 6.07) is 2.31. The summed E-state index contributed by atoms with van der Waals surface area (Å²) in [5, 5.41) is 2.42. The van der Waals surface area contributed by atoms with Crippen LogP contribution in [0.3, 0.4) is 0 Å². The number of anilines is 1. The van der Waals surface area contributed by atoms with Crippen LogP contribution in [0, 0.1) is 5.92 Å². The lowest BCUT2D eigenvalue weighted by molar-refractivity contribution is -0.137. The van der Waals surface area contributed by atoms with E-state index in [-0.39, 0.29) is 11.6 Å². The average molecular weight is 353 g/mol. The molecule has 0 radical (unpaired) electrons. The highest BCUT2D eigenvalue weighted by Gasteiger charge is 2.31. The smallest absolute Gasteiger partial charge is 0.324 e. The van der Waals surface area contributed by atoms with Crippen LogP contribution in [-0.2, 0) is 11.0 Å². The molecule has 0 fully saturated rings. The number of benzene rings is 1. The molecule has 20 heavy (non-hydrogen) atoms. The van der Waals surface area contributed by atoms with E-state index in [9.17, 15) is 18.0 Å². The summed E-state index contributed by atoms with van der Waals surface area (Å²) in [7, 11) is 0. The second-order valence-electron chi connectivity index (χ2n) is 4.92. The Hall–Kier alpha value is -1.08. The molecule has 1 atom stereocenters. The maximum Gasteiger partial charge on any atom is 0.416 e. The molecule has 7 heteroatoms. The van der Waals surface area contributed by atoms with Gasteiger partial charge in [0, 0.05) is 4.47 Å². The molecular weight excluding hydrogens is 337 g/mol. The van der Waals surface area contributed by atoms with Crippen LogP contribution in [0.2, 0.25) is 0 Å². The molecule has 112 valence electrons. The van der Waals surface area contributed by atoms with E-state index in [0.717, 1.165) is 12.1 Å². The Morgan fingerprint density at radius 2 is 2.00 bits per heavy atom. The van der Waals surface area contributed by atoms with Gasteiger partial charge >= 0.3 is 6.18 Å². The normalized spacial score (nSPS) is 13.4. The zero-order chi connectivity index (χ0) is 15.5. The summed E-state index contributed by atoms with van der Waals surface area (Å²) in [5.74, 6) is -0.278. The zero-order valence-electron chi connectivity index (χ0n) is 11.1. The number of carbonyl (C=O) groups excluding carboxylic acids is 1. The Kier molecular flexibility index (Phi) is 5.59. The molecule has 3 nitrogen and oxygen atoms in total. The minimum atomic E-state index is -4.46. The number of halogens is 4. The fourth-order valence-electron chi connectivity index (χ4n) is 1.64. The first-order valence-corrected chi connectivity index (χ1v) is 6.83. The molecule has 0 saturated carbocycles. The zero-order valence-corrected chi connectivity index (χ0v) is 12.7. The van der Waals surface area contributed by atoms with Gasteiger partial charge in [-0.1, -0.05) is 13.8 Å². The van der Waals surface area contributed by atoms with E-state index in [1.54, 1.807) is 0 Å². The Balaban J connectivity index is 2.89. The quantitative estimate of drug-likeness (QED) is 0.866. The van der Waals surface area contributed by atoms with Crippen LogP contribution in [0.4, 0.5) is 18.9 Å². The van der Waals surface area contributed by atoms with Crippen molar-refractivity contribution in [2.24, 2.45) is 11.7 Å². The highest BCUT2D eigenvalue weighted by molar-refractivity contribution is 9.10. The SMILES string of the molecule is CC(C)CC(N)C(=O)Nc1cc(C(F)(F)F)ccc1Br. The fraction of sp³-hybridized carbons (Fsp3) is 0.462. The largest absolute Gasteiger partial charge is 0.416 e. The van der Waals surface area contributed by atoms with Crippen molar-refractivity contribution in [3.8, 4) is 0 Å².